The second kappa shape index (κ2) is 8.19. The van der Waals surface area contributed by atoms with E-state index in [0.29, 0.717) is 22.8 Å². The summed E-state index contributed by atoms with van der Waals surface area (Å²) in [4.78, 5) is 19.7. The van der Waals surface area contributed by atoms with Crippen molar-refractivity contribution in [2.24, 2.45) is 0 Å². The molecule has 1 aromatic carbocycles. The molecule has 3 rings (SSSR count). The summed E-state index contributed by atoms with van der Waals surface area (Å²) in [6.07, 6.45) is 1.72. The van der Waals surface area contributed by atoms with Gasteiger partial charge < -0.3 is 9.47 Å². The van der Waals surface area contributed by atoms with E-state index in [9.17, 15) is 4.79 Å². The summed E-state index contributed by atoms with van der Waals surface area (Å²) >= 11 is 3.07. The minimum Gasteiger partial charge on any atom is -0.497 e. The molecule has 0 radical (unpaired) electrons. The number of rotatable bonds is 7. The summed E-state index contributed by atoms with van der Waals surface area (Å²) in [5.41, 5.74) is 1.98. The van der Waals surface area contributed by atoms with E-state index in [2.05, 4.69) is 6.58 Å². The van der Waals surface area contributed by atoms with Crippen molar-refractivity contribution in [3.05, 3.63) is 57.2 Å². The van der Waals surface area contributed by atoms with Gasteiger partial charge in [0.2, 0.25) is 0 Å². The molecule has 0 atom stereocenters. The molecule has 27 heavy (non-hydrogen) atoms. The Morgan fingerprint density at radius 2 is 2.07 bits per heavy atom. The van der Waals surface area contributed by atoms with E-state index in [1.807, 2.05) is 32.0 Å². The molecule has 3 aromatic rings. The maximum absolute atomic E-state index is 13.0. The van der Waals surface area contributed by atoms with E-state index in [0.717, 1.165) is 32.3 Å². The highest BCUT2D eigenvalue weighted by Crippen LogP contribution is 2.32. The lowest BCUT2D eigenvalue weighted by molar-refractivity contribution is 0.400. The predicted molar refractivity (Wildman–Crippen MR) is 113 cm³/mol. The topological polar surface area (TPSA) is 53.4 Å². The lowest BCUT2D eigenvalue weighted by atomic mass is 10.2. The number of benzene rings is 1. The average molecular weight is 403 g/mol. The van der Waals surface area contributed by atoms with Gasteiger partial charge in [-0.25, -0.2) is 4.98 Å². The first-order chi connectivity index (χ1) is 13.0. The molecule has 0 fully saturated rings. The molecule has 5 nitrogen and oxygen atoms in total. The molecule has 142 valence electrons. The van der Waals surface area contributed by atoms with Gasteiger partial charge in [0.25, 0.3) is 5.56 Å². The van der Waals surface area contributed by atoms with Crippen LogP contribution in [0.2, 0.25) is 0 Å². The van der Waals surface area contributed by atoms with Crippen LogP contribution in [0.15, 0.2) is 40.8 Å². The molecule has 0 spiro atoms. The monoisotopic (exact) mass is 402 g/mol. The molecular weight excluding hydrogens is 380 g/mol. The molecule has 0 amide bonds. The Balaban J connectivity index is 2.03. The fraction of sp³-hybridized carbons (Fsp3) is 0.300. The number of thiophene rings is 1. The number of hydrogen-bond acceptors (Lipinski definition) is 6. The van der Waals surface area contributed by atoms with Gasteiger partial charge in [-0.05, 0) is 37.6 Å². The first-order valence-corrected chi connectivity index (χ1v) is 10.3. The quantitative estimate of drug-likeness (QED) is 0.329. The van der Waals surface area contributed by atoms with Crippen LogP contribution in [0.4, 0.5) is 0 Å². The van der Waals surface area contributed by atoms with Crippen LogP contribution >= 0.6 is 23.1 Å². The minimum atomic E-state index is -0.0122. The highest BCUT2D eigenvalue weighted by Gasteiger charge is 2.17. The molecule has 2 aromatic heterocycles. The van der Waals surface area contributed by atoms with E-state index in [1.54, 1.807) is 36.2 Å². The van der Waals surface area contributed by atoms with Crippen molar-refractivity contribution >= 4 is 33.3 Å². The van der Waals surface area contributed by atoms with Crippen LogP contribution in [0, 0.1) is 13.8 Å². The normalized spacial score (nSPS) is 11.0. The van der Waals surface area contributed by atoms with E-state index < -0.39 is 0 Å². The highest BCUT2D eigenvalue weighted by atomic mass is 32.2. The van der Waals surface area contributed by atoms with Crippen LogP contribution in [0.5, 0.6) is 11.5 Å². The summed E-state index contributed by atoms with van der Waals surface area (Å²) in [5.74, 6) is 2.16. The SMILES string of the molecule is C=CCn1c(SCc2cc(OC)ccc2OC)nc2sc(C)c(C)c2c1=O. The molecule has 0 aliphatic carbocycles. The molecule has 0 saturated heterocycles. The Bertz CT molecular complexity index is 1050. The molecule has 0 unspecified atom stereocenters. The fourth-order valence-electron chi connectivity index (χ4n) is 2.85. The molecular formula is C20H22N2O3S2. The van der Waals surface area contributed by atoms with Crippen molar-refractivity contribution in [2.75, 3.05) is 14.2 Å². The van der Waals surface area contributed by atoms with Gasteiger partial charge in [0.1, 0.15) is 16.3 Å². The molecule has 2 heterocycles. The summed E-state index contributed by atoms with van der Waals surface area (Å²) in [6, 6.07) is 5.69. The highest BCUT2D eigenvalue weighted by molar-refractivity contribution is 7.98. The number of ether oxygens (including phenoxy) is 2. The molecule has 0 bridgehead atoms. The summed E-state index contributed by atoms with van der Waals surface area (Å²) in [5, 5.41) is 1.39. The standard InChI is InChI=1S/C20H22N2O3S2/c1-6-9-22-19(23)17-12(2)13(3)27-18(17)21-20(22)26-11-14-10-15(24-4)7-8-16(14)25-5/h6-8,10H,1,9,11H2,2-5H3. The lowest BCUT2D eigenvalue weighted by Crippen LogP contribution is -2.22. The summed E-state index contributed by atoms with van der Waals surface area (Å²) in [6.45, 7) is 8.20. The van der Waals surface area contributed by atoms with Crippen molar-refractivity contribution < 1.29 is 9.47 Å². The zero-order valence-corrected chi connectivity index (χ0v) is 17.5. The van der Waals surface area contributed by atoms with Crippen molar-refractivity contribution in [1.82, 2.24) is 9.55 Å². The van der Waals surface area contributed by atoms with Crippen LogP contribution in [-0.2, 0) is 12.3 Å². The molecule has 0 N–H and O–H groups in total. The van der Waals surface area contributed by atoms with E-state index in [4.69, 9.17) is 14.5 Å². The third kappa shape index (κ3) is 3.75. The largest absolute Gasteiger partial charge is 0.497 e. The number of fused-ring (bicyclic) bond motifs is 1. The molecule has 7 heteroatoms. The number of allylic oxidation sites excluding steroid dienone is 1. The number of hydrogen-bond donors (Lipinski definition) is 0. The second-order valence-electron chi connectivity index (χ2n) is 6.03. The third-order valence-electron chi connectivity index (χ3n) is 4.41. The Morgan fingerprint density at radius 3 is 2.74 bits per heavy atom. The van der Waals surface area contributed by atoms with Gasteiger partial charge in [-0.15, -0.1) is 17.9 Å². The van der Waals surface area contributed by atoms with Gasteiger partial charge in [-0.1, -0.05) is 17.8 Å². The van der Waals surface area contributed by atoms with Crippen LogP contribution in [0.3, 0.4) is 0 Å². The molecule has 0 saturated carbocycles. The summed E-state index contributed by atoms with van der Waals surface area (Å²) in [7, 11) is 3.28. The number of aryl methyl sites for hydroxylation is 2. The Labute approximate surface area is 166 Å². The minimum absolute atomic E-state index is 0.0122. The third-order valence-corrected chi connectivity index (χ3v) is 6.54. The van der Waals surface area contributed by atoms with Crippen LogP contribution < -0.4 is 15.0 Å². The van der Waals surface area contributed by atoms with E-state index in [-0.39, 0.29) is 5.56 Å². The van der Waals surface area contributed by atoms with Gasteiger partial charge in [0.15, 0.2) is 5.16 Å². The predicted octanol–water partition coefficient (Wildman–Crippen LogP) is 4.57. The lowest BCUT2D eigenvalue weighted by Gasteiger charge is -2.13. The molecule has 0 aliphatic rings. The summed E-state index contributed by atoms with van der Waals surface area (Å²) < 4.78 is 12.5. The Kier molecular flexibility index (Phi) is 5.92. The van der Waals surface area contributed by atoms with Gasteiger partial charge in [-0.3, -0.25) is 9.36 Å². The van der Waals surface area contributed by atoms with Crippen LogP contribution in [-0.4, -0.2) is 23.8 Å². The smallest absolute Gasteiger partial charge is 0.263 e. The number of methoxy groups -OCH3 is 2. The van der Waals surface area contributed by atoms with Gasteiger partial charge in [-0.2, -0.15) is 0 Å². The van der Waals surface area contributed by atoms with Gasteiger partial charge >= 0.3 is 0 Å². The van der Waals surface area contributed by atoms with Crippen molar-refractivity contribution in [3.63, 3.8) is 0 Å². The zero-order chi connectivity index (χ0) is 19.6. The fourth-order valence-corrected chi connectivity index (χ4v) is 4.90. The van der Waals surface area contributed by atoms with Crippen LogP contribution in [0.25, 0.3) is 10.2 Å². The van der Waals surface area contributed by atoms with Crippen molar-refractivity contribution in [2.45, 2.75) is 31.3 Å². The molecule has 0 aliphatic heterocycles. The Morgan fingerprint density at radius 1 is 1.30 bits per heavy atom. The van der Waals surface area contributed by atoms with Crippen molar-refractivity contribution in [1.29, 1.82) is 0 Å². The van der Waals surface area contributed by atoms with E-state index >= 15 is 0 Å². The van der Waals surface area contributed by atoms with Crippen LogP contribution in [0.1, 0.15) is 16.0 Å². The first kappa shape index (κ1) is 19.5. The number of nitrogens with zero attached hydrogens (tertiary/aromatic N) is 2. The first-order valence-electron chi connectivity index (χ1n) is 8.45. The maximum Gasteiger partial charge on any atom is 0.263 e. The second-order valence-corrected chi connectivity index (χ2v) is 8.17. The van der Waals surface area contributed by atoms with Gasteiger partial charge in [0.05, 0.1) is 19.6 Å². The van der Waals surface area contributed by atoms with E-state index in [1.165, 1.54) is 11.8 Å². The van der Waals surface area contributed by atoms with Gasteiger partial charge in [0, 0.05) is 22.7 Å². The number of aromatic nitrogens is 2. The zero-order valence-electron chi connectivity index (χ0n) is 15.9. The average Bonchev–Trinajstić information content (AvgIpc) is 2.96. The number of thioether (sulfide) groups is 1. The maximum atomic E-state index is 13.0. The van der Waals surface area contributed by atoms with Crippen molar-refractivity contribution in [3.8, 4) is 11.5 Å². The Hall–Kier alpha value is -2.25.